The monoisotopic (exact) mass is 331 g/mol. The number of allylic oxidation sites excluding steroid dienone is 2. The molecule has 0 saturated carbocycles. The van der Waals surface area contributed by atoms with Gasteiger partial charge in [-0.3, -0.25) is 0 Å². The van der Waals surface area contributed by atoms with Crippen LogP contribution in [0.1, 0.15) is 58.2 Å². The van der Waals surface area contributed by atoms with Crippen LogP contribution >= 0.6 is 12.6 Å². The molecule has 0 aromatic heterocycles. The number of hydrogen-bond donors (Lipinski definition) is 3. The molecule has 1 heterocycles. The summed E-state index contributed by atoms with van der Waals surface area (Å²) in [4.78, 5) is -0.393. The number of phenols is 1. The van der Waals surface area contributed by atoms with Gasteiger partial charge in [-0.15, -0.1) is 12.6 Å². The molecule has 0 saturated heterocycles. The number of nitrogens with one attached hydrogen (secondary N) is 1. The van der Waals surface area contributed by atoms with Crippen molar-refractivity contribution in [2.45, 2.75) is 63.7 Å². The van der Waals surface area contributed by atoms with Gasteiger partial charge in [0.1, 0.15) is 10.6 Å². The minimum atomic E-state index is -0.393. The molecule has 2 nitrogen and oxygen atoms in total. The van der Waals surface area contributed by atoms with Crippen molar-refractivity contribution in [3.8, 4) is 5.75 Å². The SMILES string of the molecule is CC(C)(C)c1cc(CC2(S)C=CC=CN2)cc(C(C)(C)C)c1O. The maximum atomic E-state index is 10.8. The van der Waals surface area contributed by atoms with Crippen LogP contribution < -0.4 is 5.32 Å². The third kappa shape index (κ3) is 4.14. The van der Waals surface area contributed by atoms with Crippen LogP contribution in [0.25, 0.3) is 0 Å². The molecule has 23 heavy (non-hydrogen) atoms. The first kappa shape index (κ1) is 18.0. The normalized spacial score (nSPS) is 21.3. The fraction of sp³-hybridized carbons (Fsp3) is 0.500. The molecule has 1 aliphatic rings. The second kappa shape index (κ2) is 5.94. The number of rotatable bonds is 2. The van der Waals surface area contributed by atoms with Crippen molar-refractivity contribution < 1.29 is 5.11 Å². The quantitative estimate of drug-likeness (QED) is 0.678. The maximum absolute atomic E-state index is 10.8. The molecule has 1 unspecified atom stereocenters. The standard InChI is InChI=1S/C20H29NOS/c1-18(2,3)15-11-14(12-16(17(15)22)19(4,5)6)13-20(23)9-7-8-10-21-20/h7-12,21-23H,13H2,1-6H3. The van der Waals surface area contributed by atoms with Crippen molar-refractivity contribution in [1.29, 1.82) is 0 Å². The summed E-state index contributed by atoms with van der Waals surface area (Å²) in [6, 6.07) is 4.24. The Morgan fingerprint density at radius 1 is 1.00 bits per heavy atom. The number of aromatic hydroxyl groups is 1. The fourth-order valence-corrected chi connectivity index (χ4v) is 3.21. The minimum Gasteiger partial charge on any atom is -0.507 e. The summed E-state index contributed by atoms with van der Waals surface area (Å²) >= 11 is 4.79. The van der Waals surface area contributed by atoms with E-state index in [1.807, 2.05) is 18.4 Å². The van der Waals surface area contributed by atoms with Gasteiger partial charge in [0.05, 0.1) is 0 Å². The highest BCUT2D eigenvalue weighted by Gasteiger charge is 2.29. The van der Waals surface area contributed by atoms with Gasteiger partial charge >= 0.3 is 0 Å². The molecule has 1 aromatic rings. The second-order valence-corrected chi connectivity index (χ2v) is 9.30. The van der Waals surface area contributed by atoms with Gasteiger partial charge in [-0.25, -0.2) is 0 Å². The molecule has 2 rings (SSSR count). The smallest absolute Gasteiger partial charge is 0.123 e. The average molecular weight is 332 g/mol. The molecular weight excluding hydrogens is 302 g/mol. The Bertz CT molecular complexity index is 612. The Labute approximate surface area is 146 Å². The van der Waals surface area contributed by atoms with E-state index < -0.39 is 4.87 Å². The van der Waals surface area contributed by atoms with E-state index in [0.717, 1.165) is 17.5 Å². The van der Waals surface area contributed by atoms with Gasteiger partial charge in [0.25, 0.3) is 0 Å². The van der Waals surface area contributed by atoms with Crippen LogP contribution in [-0.4, -0.2) is 9.98 Å². The lowest BCUT2D eigenvalue weighted by molar-refractivity contribution is 0.422. The van der Waals surface area contributed by atoms with Crippen LogP contribution in [0, 0.1) is 0 Å². The lowest BCUT2D eigenvalue weighted by Gasteiger charge is -2.31. The summed E-state index contributed by atoms with van der Waals surface area (Å²) in [5, 5.41) is 14.1. The second-order valence-electron chi connectivity index (χ2n) is 8.50. The summed E-state index contributed by atoms with van der Waals surface area (Å²) in [5.41, 5.74) is 2.94. The molecule has 126 valence electrons. The molecule has 0 fully saturated rings. The van der Waals surface area contributed by atoms with Gasteiger partial charge < -0.3 is 10.4 Å². The largest absolute Gasteiger partial charge is 0.507 e. The third-order valence-electron chi connectivity index (χ3n) is 4.17. The van der Waals surface area contributed by atoms with E-state index in [9.17, 15) is 5.11 Å². The van der Waals surface area contributed by atoms with Crippen molar-refractivity contribution >= 4 is 12.6 Å². The van der Waals surface area contributed by atoms with Gasteiger partial charge in [-0.2, -0.15) is 0 Å². The predicted octanol–water partition coefficient (Wildman–Crippen LogP) is 4.83. The lowest BCUT2D eigenvalue weighted by atomic mass is 9.78. The van der Waals surface area contributed by atoms with E-state index in [0.29, 0.717) is 5.75 Å². The van der Waals surface area contributed by atoms with Crippen molar-refractivity contribution in [2.24, 2.45) is 0 Å². The highest BCUT2D eigenvalue weighted by molar-refractivity contribution is 7.82. The highest BCUT2D eigenvalue weighted by atomic mass is 32.1. The van der Waals surface area contributed by atoms with Gasteiger partial charge in [-0.1, -0.05) is 59.8 Å². The number of benzene rings is 1. The Morgan fingerprint density at radius 3 is 1.91 bits per heavy atom. The zero-order valence-corrected chi connectivity index (χ0v) is 16.0. The van der Waals surface area contributed by atoms with E-state index in [1.165, 1.54) is 5.56 Å². The molecule has 2 N–H and O–H groups in total. The van der Waals surface area contributed by atoms with E-state index in [1.54, 1.807) is 0 Å². The van der Waals surface area contributed by atoms with Gasteiger partial charge in [0.15, 0.2) is 0 Å². The lowest BCUT2D eigenvalue weighted by Crippen LogP contribution is -2.38. The number of thiol groups is 1. The zero-order valence-electron chi connectivity index (χ0n) is 15.1. The van der Waals surface area contributed by atoms with E-state index in [4.69, 9.17) is 12.6 Å². The van der Waals surface area contributed by atoms with Crippen LogP contribution in [0.2, 0.25) is 0 Å². The first-order valence-electron chi connectivity index (χ1n) is 8.14. The maximum Gasteiger partial charge on any atom is 0.123 e. The minimum absolute atomic E-state index is 0.112. The first-order chi connectivity index (χ1) is 10.4. The number of dihydropyridines is 1. The van der Waals surface area contributed by atoms with Crippen LogP contribution in [0.4, 0.5) is 0 Å². The van der Waals surface area contributed by atoms with Crippen molar-refractivity contribution in [3.63, 3.8) is 0 Å². The summed E-state index contributed by atoms with van der Waals surface area (Å²) in [7, 11) is 0. The summed E-state index contributed by atoms with van der Waals surface area (Å²) in [6.45, 7) is 12.8. The van der Waals surface area contributed by atoms with E-state index in [2.05, 4.69) is 65.1 Å². The molecule has 0 bridgehead atoms. The average Bonchev–Trinajstić information content (AvgIpc) is 2.38. The Morgan fingerprint density at radius 2 is 1.52 bits per heavy atom. The van der Waals surface area contributed by atoms with Crippen molar-refractivity contribution in [1.82, 2.24) is 5.32 Å². The molecule has 0 aliphatic carbocycles. The molecule has 0 radical (unpaired) electrons. The molecule has 1 aromatic carbocycles. The predicted molar refractivity (Wildman–Crippen MR) is 102 cm³/mol. The third-order valence-corrected chi connectivity index (χ3v) is 4.61. The fourth-order valence-electron chi connectivity index (χ4n) is 2.87. The molecular formula is C20H29NOS. The number of phenolic OH excluding ortho intramolecular Hbond substituents is 1. The Hall–Kier alpha value is -1.35. The van der Waals surface area contributed by atoms with Crippen LogP contribution in [-0.2, 0) is 17.3 Å². The summed E-state index contributed by atoms with van der Waals surface area (Å²) in [5.74, 6) is 0.425. The first-order valence-corrected chi connectivity index (χ1v) is 8.58. The Balaban J connectivity index is 2.52. The van der Waals surface area contributed by atoms with Gasteiger partial charge in [0.2, 0.25) is 0 Å². The highest BCUT2D eigenvalue weighted by Crippen LogP contribution is 2.40. The van der Waals surface area contributed by atoms with Crippen molar-refractivity contribution in [2.75, 3.05) is 0 Å². The van der Waals surface area contributed by atoms with E-state index >= 15 is 0 Å². The molecule has 3 heteroatoms. The van der Waals surface area contributed by atoms with E-state index in [-0.39, 0.29) is 10.8 Å². The van der Waals surface area contributed by atoms with Crippen LogP contribution in [0.15, 0.2) is 36.6 Å². The Kier molecular flexibility index (Phi) is 4.64. The van der Waals surface area contributed by atoms with Crippen molar-refractivity contribution in [3.05, 3.63) is 53.3 Å². The topological polar surface area (TPSA) is 32.3 Å². The van der Waals surface area contributed by atoms with Crippen LogP contribution in [0.5, 0.6) is 5.75 Å². The molecule has 0 amide bonds. The molecule has 1 aliphatic heterocycles. The zero-order chi connectivity index (χ0) is 17.5. The summed E-state index contributed by atoms with van der Waals surface area (Å²) < 4.78 is 0. The van der Waals surface area contributed by atoms with Gasteiger partial charge in [0, 0.05) is 6.42 Å². The molecule has 0 spiro atoms. The van der Waals surface area contributed by atoms with Gasteiger partial charge in [-0.05, 0) is 45.9 Å². The number of hydrogen-bond acceptors (Lipinski definition) is 3. The van der Waals surface area contributed by atoms with Crippen LogP contribution in [0.3, 0.4) is 0 Å². The molecule has 1 atom stereocenters. The summed E-state index contributed by atoms with van der Waals surface area (Å²) in [6.07, 6.45) is 8.72.